The molecule has 1 aliphatic rings. The lowest BCUT2D eigenvalue weighted by Crippen LogP contribution is -2.40. The van der Waals surface area contributed by atoms with E-state index in [1.807, 2.05) is 13.0 Å². The number of morpholine rings is 1. The van der Waals surface area contributed by atoms with Gasteiger partial charge in [0.05, 0.1) is 31.0 Å². The van der Waals surface area contributed by atoms with E-state index in [1.165, 1.54) is 31.4 Å². The second-order valence-corrected chi connectivity index (χ2v) is 10.7. The molecule has 1 aliphatic heterocycles. The number of methoxy groups -OCH3 is 1. The molecule has 0 atom stereocenters. The fraction of sp³-hybridized carbons (Fsp3) is 0.296. The molecular formula is C27H28ClFN2O5S. The van der Waals surface area contributed by atoms with Gasteiger partial charge in [0.1, 0.15) is 10.7 Å². The number of aryl methyl sites for hydroxylation is 1. The van der Waals surface area contributed by atoms with Gasteiger partial charge in [-0.25, -0.2) is 12.8 Å². The molecule has 1 saturated heterocycles. The summed E-state index contributed by atoms with van der Waals surface area (Å²) < 4.78 is 55.6. The summed E-state index contributed by atoms with van der Waals surface area (Å²) in [6.45, 7) is 3.50. The van der Waals surface area contributed by atoms with Crippen LogP contribution >= 0.6 is 11.6 Å². The van der Waals surface area contributed by atoms with Crippen LogP contribution in [0.25, 0.3) is 11.1 Å². The second-order valence-electron chi connectivity index (χ2n) is 8.60. The molecule has 37 heavy (non-hydrogen) atoms. The Labute approximate surface area is 221 Å². The van der Waals surface area contributed by atoms with Gasteiger partial charge >= 0.3 is 0 Å². The number of amides is 1. The Kier molecular flexibility index (Phi) is 8.36. The van der Waals surface area contributed by atoms with Crippen molar-refractivity contribution in [1.29, 1.82) is 0 Å². The highest BCUT2D eigenvalue weighted by Crippen LogP contribution is 2.37. The molecular weight excluding hydrogens is 519 g/mol. The predicted octanol–water partition coefficient (Wildman–Crippen LogP) is 5.38. The number of halogens is 2. The first-order valence-electron chi connectivity index (χ1n) is 11.9. The van der Waals surface area contributed by atoms with Gasteiger partial charge in [-0.1, -0.05) is 55.3 Å². The van der Waals surface area contributed by atoms with Crippen LogP contribution in [-0.2, 0) is 21.2 Å². The van der Waals surface area contributed by atoms with Gasteiger partial charge in [-0.3, -0.25) is 9.52 Å². The Morgan fingerprint density at radius 1 is 1.14 bits per heavy atom. The molecule has 0 unspecified atom stereocenters. The Hall–Kier alpha value is -3.14. The molecule has 0 spiro atoms. The number of nitrogens with one attached hydrogen (secondary N) is 1. The van der Waals surface area contributed by atoms with Crippen molar-refractivity contribution in [3.05, 3.63) is 76.6 Å². The van der Waals surface area contributed by atoms with E-state index in [4.69, 9.17) is 21.1 Å². The van der Waals surface area contributed by atoms with Crippen molar-refractivity contribution in [3.8, 4) is 16.9 Å². The molecule has 196 valence electrons. The van der Waals surface area contributed by atoms with Crippen molar-refractivity contribution in [2.75, 3.05) is 38.1 Å². The number of sulfonamides is 1. The van der Waals surface area contributed by atoms with Gasteiger partial charge in [-0.2, -0.15) is 0 Å². The lowest BCUT2D eigenvalue weighted by atomic mass is 10.00. The van der Waals surface area contributed by atoms with Crippen molar-refractivity contribution < 1.29 is 27.1 Å². The van der Waals surface area contributed by atoms with Crippen LogP contribution in [0.15, 0.2) is 59.5 Å². The van der Waals surface area contributed by atoms with Crippen LogP contribution in [-0.4, -0.2) is 52.6 Å². The normalized spacial score (nSPS) is 13.9. The third kappa shape index (κ3) is 5.89. The van der Waals surface area contributed by atoms with Crippen LogP contribution in [0.2, 0.25) is 5.02 Å². The molecule has 1 N–H and O–H groups in total. The van der Waals surface area contributed by atoms with Crippen LogP contribution in [0.3, 0.4) is 0 Å². The summed E-state index contributed by atoms with van der Waals surface area (Å²) >= 11 is 6.37. The zero-order chi connectivity index (χ0) is 26.6. The van der Waals surface area contributed by atoms with E-state index in [-0.39, 0.29) is 38.4 Å². The molecule has 0 aromatic heterocycles. The number of nitrogens with zero attached hydrogens (tertiary/aromatic N) is 1. The first-order valence-corrected chi connectivity index (χ1v) is 13.8. The first-order chi connectivity index (χ1) is 17.7. The molecule has 1 heterocycles. The van der Waals surface area contributed by atoms with E-state index in [0.717, 1.165) is 0 Å². The van der Waals surface area contributed by atoms with Crippen LogP contribution in [0.1, 0.15) is 29.3 Å². The van der Waals surface area contributed by atoms with E-state index < -0.39 is 15.8 Å². The monoisotopic (exact) mass is 546 g/mol. The SMILES string of the molecule is CCCc1cc(F)c(-c2ccccc2)cc1NS(=O)(=O)c1cc(C(=O)N2CCOCC2)cc(Cl)c1OC. The van der Waals surface area contributed by atoms with E-state index >= 15 is 4.39 Å². The Bertz CT molecular complexity index is 1390. The summed E-state index contributed by atoms with van der Waals surface area (Å²) in [5.74, 6) is -0.893. The van der Waals surface area contributed by atoms with E-state index in [9.17, 15) is 13.2 Å². The maximum absolute atomic E-state index is 15.0. The highest BCUT2D eigenvalue weighted by molar-refractivity contribution is 7.92. The summed E-state index contributed by atoms with van der Waals surface area (Å²) in [4.78, 5) is 14.4. The van der Waals surface area contributed by atoms with Gasteiger partial charge in [-0.15, -0.1) is 0 Å². The van der Waals surface area contributed by atoms with Gasteiger partial charge in [0, 0.05) is 24.2 Å². The van der Waals surface area contributed by atoms with E-state index in [0.29, 0.717) is 50.3 Å². The van der Waals surface area contributed by atoms with Crippen LogP contribution in [0.5, 0.6) is 5.75 Å². The molecule has 4 rings (SSSR count). The Morgan fingerprint density at radius 2 is 1.84 bits per heavy atom. The zero-order valence-corrected chi connectivity index (χ0v) is 22.2. The number of carbonyl (C=O) groups excluding carboxylic acids is 1. The number of ether oxygens (including phenoxy) is 2. The van der Waals surface area contributed by atoms with Crippen LogP contribution in [0.4, 0.5) is 10.1 Å². The highest BCUT2D eigenvalue weighted by Gasteiger charge is 2.28. The maximum atomic E-state index is 15.0. The van der Waals surface area contributed by atoms with Gasteiger partial charge in [-0.05, 0) is 41.8 Å². The van der Waals surface area contributed by atoms with Gasteiger partial charge in [0.15, 0.2) is 5.75 Å². The number of benzene rings is 3. The topological polar surface area (TPSA) is 84.9 Å². The molecule has 0 radical (unpaired) electrons. The summed E-state index contributed by atoms with van der Waals surface area (Å²) in [7, 11) is -2.99. The summed E-state index contributed by atoms with van der Waals surface area (Å²) in [6, 6.07) is 14.4. The summed E-state index contributed by atoms with van der Waals surface area (Å²) in [6.07, 6.45) is 1.13. The fourth-order valence-electron chi connectivity index (χ4n) is 4.26. The first kappa shape index (κ1) is 26.9. The third-order valence-corrected chi connectivity index (χ3v) is 7.74. The second kappa shape index (κ2) is 11.5. The lowest BCUT2D eigenvalue weighted by molar-refractivity contribution is 0.0302. The lowest BCUT2D eigenvalue weighted by Gasteiger charge is -2.27. The average Bonchev–Trinajstić information content (AvgIpc) is 2.90. The fourth-order valence-corrected chi connectivity index (χ4v) is 5.92. The molecule has 0 aliphatic carbocycles. The van der Waals surface area contributed by atoms with Gasteiger partial charge < -0.3 is 14.4 Å². The van der Waals surface area contributed by atoms with Crippen molar-refractivity contribution in [1.82, 2.24) is 4.90 Å². The third-order valence-electron chi connectivity index (χ3n) is 6.09. The minimum Gasteiger partial charge on any atom is -0.494 e. The highest BCUT2D eigenvalue weighted by atomic mass is 35.5. The van der Waals surface area contributed by atoms with Gasteiger partial charge in [0.25, 0.3) is 15.9 Å². The molecule has 3 aromatic carbocycles. The number of rotatable bonds is 8. The van der Waals surface area contributed by atoms with E-state index in [2.05, 4.69) is 4.72 Å². The van der Waals surface area contributed by atoms with Crippen molar-refractivity contribution in [3.63, 3.8) is 0 Å². The average molecular weight is 547 g/mol. The molecule has 1 fully saturated rings. The Balaban J connectivity index is 1.78. The van der Waals surface area contributed by atoms with Crippen molar-refractivity contribution in [2.45, 2.75) is 24.7 Å². The summed E-state index contributed by atoms with van der Waals surface area (Å²) in [5.41, 5.74) is 1.74. The summed E-state index contributed by atoms with van der Waals surface area (Å²) in [5, 5.41) is -0.0140. The number of hydrogen-bond donors (Lipinski definition) is 1. The number of anilines is 1. The molecule has 1 amide bonds. The van der Waals surface area contributed by atoms with Crippen molar-refractivity contribution in [2.24, 2.45) is 0 Å². The number of hydrogen-bond acceptors (Lipinski definition) is 5. The molecule has 7 nitrogen and oxygen atoms in total. The standard InChI is InChI=1S/C27H28ClFN2O5S/c1-3-7-19-15-23(29)21(18-8-5-4-6-9-18)17-24(19)30-37(33,34)25-16-20(14-22(28)26(25)35-2)27(32)31-10-12-36-13-11-31/h4-6,8-9,14-17,30H,3,7,10-13H2,1-2H3. The molecule has 0 saturated carbocycles. The Morgan fingerprint density at radius 3 is 2.49 bits per heavy atom. The molecule has 3 aromatic rings. The van der Waals surface area contributed by atoms with Crippen LogP contribution < -0.4 is 9.46 Å². The van der Waals surface area contributed by atoms with Gasteiger partial charge in [0.2, 0.25) is 0 Å². The predicted molar refractivity (Wildman–Crippen MR) is 141 cm³/mol. The molecule has 10 heteroatoms. The van der Waals surface area contributed by atoms with Crippen molar-refractivity contribution >= 4 is 33.2 Å². The zero-order valence-electron chi connectivity index (χ0n) is 20.6. The van der Waals surface area contributed by atoms with E-state index in [1.54, 1.807) is 29.2 Å². The minimum atomic E-state index is -4.30. The number of carbonyl (C=O) groups is 1. The smallest absolute Gasteiger partial charge is 0.265 e. The minimum absolute atomic E-state index is 0.0140. The quantitative estimate of drug-likeness (QED) is 0.410. The molecule has 0 bridgehead atoms. The largest absolute Gasteiger partial charge is 0.494 e. The maximum Gasteiger partial charge on any atom is 0.265 e. The van der Waals surface area contributed by atoms with Crippen LogP contribution in [0, 0.1) is 5.82 Å².